The van der Waals surface area contributed by atoms with Crippen molar-refractivity contribution in [3.63, 3.8) is 0 Å². The van der Waals surface area contributed by atoms with E-state index in [-0.39, 0.29) is 40.0 Å². The first-order valence-electron chi connectivity index (χ1n) is 5.54. The van der Waals surface area contributed by atoms with Gasteiger partial charge in [-0.1, -0.05) is 23.2 Å². The summed E-state index contributed by atoms with van der Waals surface area (Å²) >= 11 is 11.5. The second-order valence-electron chi connectivity index (χ2n) is 4.02. The highest BCUT2D eigenvalue weighted by atomic mass is 35.5. The predicted octanol–water partition coefficient (Wildman–Crippen LogP) is 1.31. The molecule has 0 aliphatic rings. The molecule has 3 N–H and O–H groups in total. The SMILES string of the molecule is NS(=O)(=O)CCCNC(=O)c1cc([N+](=O)[O-])cc(Cl)c1Cl. The number of rotatable bonds is 6. The lowest BCUT2D eigenvalue weighted by Crippen LogP contribution is -2.27. The van der Waals surface area contributed by atoms with Crippen LogP contribution in [0.3, 0.4) is 0 Å². The van der Waals surface area contributed by atoms with Crippen molar-refractivity contribution in [3.8, 4) is 0 Å². The lowest BCUT2D eigenvalue weighted by atomic mass is 10.2. The third-order valence-electron chi connectivity index (χ3n) is 2.36. The minimum Gasteiger partial charge on any atom is -0.352 e. The van der Waals surface area contributed by atoms with E-state index in [0.29, 0.717) is 0 Å². The summed E-state index contributed by atoms with van der Waals surface area (Å²) in [7, 11) is -3.61. The van der Waals surface area contributed by atoms with Crippen LogP contribution in [0.1, 0.15) is 16.8 Å². The number of nitro groups is 1. The Morgan fingerprint density at radius 2 is 2.00 bits per heavy atom. The summed E-state index contributed by atoms with van der Waals surface area (Å²) in [5.41, 5.74) is -0.537. The van der Waals surface area contributed by atoms with Crippen LogP contribution in [0.4, 0.5) is 5.69 Å². The zero-order valence-corrected chi connectivity index (χ0v) is 12.8. The molecule has 0 saturated carbocycles. The van der Waals surface area contributed by atoms with Gasteiger partial charge in [-0.3, -0.25) is 14.9 Å². The van der Waals surface area contributed by atoms with Gasteiger partial charge in [0.1, 0.15) is 0 Å². The fourth-order valence-electron chi connectivity index (χ4n) is 1.42. The van der Waals surface area contributed by atoms with Crippen LogP contribution in [0.5, 0.6) is 0 Å². The Labute approximate surface area is 130 Å². The Kier molecular flexibility index (Phi) is 5.90. The lowest BCUT2D eigenvalue weighted by Gasteiger charge is -2.07. The van der Waals surface area contributed by atoms with Crippen LogP contribution >= 0.6 is 23.2 Å². The van der Waals surface area contributed by atoms with Crippen molar-refractivity contribution in [2.75, 3.05) is 12.3 Å². The number of hydrogen-bond donors (Lipinski definition) is 2. The van der Waals surface area contributed by atoms with E-state index in [1.165, 1.54) is 0 Å². The molecule has 0 heterocycles. The lowest BCUT2D eigenvalue weighted by molar-refractivity contribution is -0.384. The molecule has 0 bridgehead atoms. The van der Waals surface area contributed by atoms with Gasteiger partial charge in [0, 0.05) is 18.7 Å². The Balaban J connectivity index is 2.80. The van der Waals surface area contributed by atoms with Crippen LogP contribution in [0.2, 0.25) is 10.0 Å². The van der Waals surface area contributed by atoms with E-state index in [4.69, 9.17) is 28.3 Å². The smallest absolute Gasteiger partial charge is 0.271 e. The fraction of sp³-hybridized carbons (Fsp3) is 0.300. The quantitative estimate of drug-likeness (QED) is 0.450. The Bertz CT molecular complexity index is 678. The number of hydrogen-bond acceptors (Lipinski definition) is 5. The van der Waals surface area contributed by atoms with Crippen molar-refractivity contribution in [2.24, 2.45) is 5.14 Å². The molecule has 0 spiro atoms. The number of sulfonamides is 1. The van der Waals surface area contributed by atoms with Crippen LogP contribution < -0.4 is 10.5 Å². The van der Waals surface area contributed by atoms with Gasteiger partial charge in [0.15, 0.2) is 0 Å². The van der Waals surface area contributed by atoms with E-state index in [1.54, 1.807) is 0 Å². The molecule has 0 radical (unpaired) electrons. The van der Waals surface area contributed by atoms with Gasteiger partial charge in [0.05, 0.1) is 26.3 Å². The maximum absolute atomic E-state index is 11.9. The van der Waals surface area contributed by atoms with Gasteiger partial charge in [-0.15, -0.1) is 0 Å². The molecule has 1 aromatic carbocycles. The molecule has 0 fully saturated rings. The first-order chi connectivity index (χ1) is 9.61. The summed E-state index contributed by atoms with van der Waals surface area (Å²) in [6.07, 6.45) is 0.102. The standard InChI is InChI=1S/C10H11Cl2N3O5S/c11-8-5-6(15(17)18)4-7(9(8)12)10(16)14-2-1-3-21(13,19)20/h4-5H,1-3H2,(H,14,16)(H2,13,19,20). The maximum atomic E-state index is 11.9. The van der Waals surface area contributed by atoms with Crippen molar-refractivity contribution in [3.05, 3.63) is 37.9 Å². The van der Waals surface area contributed by atoms with Crippen molar-refractivity contribution < 1.29 is 18.1 Å². The van der Waals surface area contributed by atoms with E-state index in [1.807, 2.05) is 0 Å². The van der Waals surface area contributed by atoms with Gasteiger partial charge < -0.3 is 5.32 Å². The summed E-state index contributed by atoms with van der Waals surface area (Å²) in [5.74, 6) is -0.989. The number of nitrogens with one attached hydrogen (secondary N) is 1. The van der Waals surface area contributed by atoms with Crippen molar-refractivity contribution in [2.45, 2.75) is 6.42 Å². The number of halogens is 2. The first-order valence-corrected chi connectivity index (χ1v) is 8.01. The van der Waals surface area contributed by atoms with E-state index < -0.39 is 20.9 Å². The molecule has 8 nitrogen and oxygen atoms in total. The molecule has 21 heavy (non-hydrogen) atoms. The minimum absolute atomic E-state index is 0.0197. The van der Waals surface area contributed by atoms with E-state index in [0.717, 1.165) is 12.1 Å². The van der Waals surface area contributed by atoms with Gasteiger partial charge in [0.25, 0.3) is 11.6 Å². The predicted molar refractivity (Wildman–Crippen MR) is 78.0 cm³/mol. The van der Waals surface area contributed by atoms with Gasteiger partial charge in [-0.2, -0.15) is 0 Å². The van der Waals surface area contributed by atoms with Crippen LogP contribution in [0, 0.1) is 10.1 Å². The number of nitrogens with two attached hydrogens (primary N) is 1. The molecule has 1 amide bonds. The maximum Gasteiger partial charge on any atom is 0.271 e. The van der Waals surface area contributed by atoms with Gasteiger partial charge >= 0.3 is 0 Å². The molecule has 116 valence electrons. The van der Waals surface area contributed by atoms with Crippen LogP contribution in [-0.4, -0.2) is 31.5 Å². The Morgan fingerprint density at radius 3 is 2.52 bits per heavy atom. The molecular formula is C10H11Cl2N3O5S. The number of benzene rings is 1. The average molecular weight is 356 g/mol. The number of carbonyl (C=O) groups is 1. The highest BCUT2D eigenvalue weighted by molar-refractivity contribution is 7.89. The molecule has 0 aromatic heterocycles. The van der Waals surface area contributed by atoms with Gasteiger partial charge in [-0.05, 0) is 6.42 Å². The molecule has 0 unspecified atom stereocenters. The molecule has 0 aliphatic heterocycles. The third-order valence-corrected chi connectivity index (χ3v) is 4.02. The van der Waals surface area contributed by atoms with E-state index in [9.17, 15) is 23.3 Å². The highest BCUT2D eigenvalue weighted by Crippen LogP contribution is 2.30. The number of nitrogens with zero attached hydrogens (tertiary/aromatic N) is 1. The topological polar surface area (TPSA) is 132 Å². The van der Waals surface area contributed by atoms with E-state index >= 15 is 0 Å². The monoisotopic (exact) mass is 355 g/mol. The van der Waals surface area contributed by atoms with Gasteiger partial charge in [-0.25, -0.2) is 13.6 Å². The second-order valence-corrected chi connectivity index (χ2v) is 6.54. The molecular weight excluding hydrogens is 345 g/mol. The van der Waals surface area contributed by atoms with Crippen LogP contribution in [0.25, 0.3) is 0 Å². The Hall–Kier alpha value is -1.42. The molecule has 1 rings (SSSR count). The number of amides is 1. The van der Waals surface area contributed by atoms with Crippen molar-refractivity contribution >= 4 is 44.8 Å². The summed E-state index contributed by atoms with van der Waals surface area (Å²) in [6.45, 7) is 0.0197. The molecule has 0 saturated heterocycles. The molecule has 1 aromatic rings. The Morgan fingerprint density at radius 1 is 1.38 bits per heavy atom. The summed E-state index contributed by atoms with van der Waals surface area (Å²) < 4.78 is 21.4. The summed E-state index contributed by atoms with van der Waals surface area (Å²) in [4.78, 5) is 21.9. The largest absolute Gasteiger partial charge is 0.352 e. The summed E-state index contributed by atoms with van der Waals surface area (Å²) in [6, 6.07) is 2.02. The number of nitro benzene ring substituents is 1. The highest BCUT2D eigenvalue weighted by Gasteiger charge is 2.19. The minimum atomic E-state index is -3.61. The second kappa shape index (κ2) is 7.03. The third kappa shape index (κ3) is 5.46. The summed E-state index contributed by atoms with van der Waals surface area (Å²) in [5, 5.41) is 17.6. The van der Waals surface area contributed by atoms with Crippen molar-refractivity contribution in [1.29, 1.82) is 0 Å². The zero-order valence-electron chi connectivity index (χ0n) is 10.5. The van der Waals surface area contributed by atoms with Crippen LogP contribution in [0.15, 0.2) is 12.1 Å². The van der Waals surface area contributed by atoms with Crippen LogP contribution in [-0.2, 0) is 10.0 Å². The number of non-ortho nitro benzene ring substituents is 1. The van der Waals surface area contributed by atoms with Gasteiger partial charge in [0.2, 0.25) is 10.0 Å². The van der Waals surface area contributed by atoms with E-state index in [2.05, 4.69) is 5.32 Å². The zero-order chi connectivity index (χ0) is 16.2. The normalized spacial score (nSPS) is 11.2. The number of carbonyl (C=O) groups excluding carboxylic acids is 1. The average Bonchev–Trinajstić information content (AvgIpc) is 2.36. The first kappa shape index (κ1) is 17.6. The molecule has 11 heteroatoms. The number of primary sulfonamides is 1. The van der Waals surface area contributed by atoms with Crippen molar-refractivity contribution in [1.82, 2.24) is 5.32 Å². The molecule has 0 atom stereocenters. The molecule has 0 aliphatic carbocycles. The fourth-order valence-corrected chi connectivity index (χ4v) is 2.37.